The molecule has 0 saturated heterocycles. The van der Waals surface area contributed by atoms with Crippen molar-refractivity contribution in [3.05, 3.63) is 71.8 Å². The molecule has 2 aromatic carbocycles. The van der Waals surface area contributed by atoms with Crippen LogP contribution in [-0.2, 0) is 11.3 Å². The first-order valence-corrected chi connectivity index (χ1v) is 11.2. The number of rotatable bonds is 9. The van der Waals surface area contributed by atoms with Gasteiger partial charge in [-0.3, -0.25) is 0 Å². The lowest BCUT2D eigenvalue weighted by Gasteiger charge is -2.28. The van der Waals surface area contributed by atoms with Gasteiger partial charge < -0.3 is 4.74 Å². The SMILES string of the molecule is CC=CCC[C@H]1CC[C@H](c2ccc(-c3ccc(COCCC)cc3)cc2)CC1. The molecule has 3 rings (SSSR count). The summed E-state index contributed by atoms with van der Waals surface area (Å²) in [6, 6.07) is 18.1. The maximum absolute atomic E-state index is 5.63. The van der Waals surface area contributed by atoms with Crippen molar-refractivity contribution in [1.82, 2.24) is 0 Å². The van der Waals surface area contributed by atoms with Crippen molar-refractivity contribution >= 4 is 0 Å². The summed E-state index contributed by atoms with van der Waals surface area (Å²) in [6.07, 6.45) is 13.7. The van der Waals surface area contributed by atoms with Crippen LogP contribution < -0.4 is 0 Å². The first kappa shape index (κ1) is 20.9. The number of benzene rings is 2. The van der Waals surface area contributed by atoms with E-state index in [2.05, 4.69) is 74.5 Å². The zero-order chi connectivity index (χ0) is 19.6. The maximum atomic E-state index is 5.63. The highest BCUT2D eigenvalue weighted by molar-refractivity contribution is 5.64. The highest BCUT2D eigenvalue weighted by Gasteiger charge is 2.21. The molecule has 1 fully saturated rings. The van der Waals surface area contributed by atoms with Crippen LogP contribution in [0.3, 0.4) is 0 Å². The van der Waals surface area contributed by atoms with E-state index in [0.29, 0.717) is 6.61 Å². The Balaban J connectivity index is 1.52. The lowest BCUT2D eigenvalue weighted by atomic mass is 9.77. The van der Waals surface area contributed by atoms with Crippen LogP contribution in [-0.4, -0.2) is 6.61 Å². The van der Waals surface area contributed by atoms with Crippen molar-refractivity contribution in [3.8, 4) is 11.1 Å². The summed E-state index contributed by atoms with van der Waals surface area (Å²) in [4.78, 5) is 0. The number of hydrogen-bond acceptors (Lipinski definition) is 1. The van der Waals surface area contributed by atoms with E-state index in [-0.39, 0.29) is 0 Å². The van der Waals surface area contributed by atoms with Crippen LogP contribution in [0.15, 0.2) is 60.7 Å². The van der Waals surface area contributed by atoms with Crippen LogP contribution >= 0.6 is 0 Å². The van der Waals surface area contributed by atoms with Crippen LogP contribution in [0.25, 0.3) is 11.1 Å². The molecule has 0 unspecified atom stereocenters. The van der Waals surface area contributed by atoms with Crippen LogP contribution in [0.4, 0.5) is 0 Å². The highest BCUT2D eigenvalue weighted by Crippen LogP contribution is 2.38. The molecule has 2 aromatic rings. The molecule has 0 radical (unpaired) electrons. The third-order valence-electron chi connectivity index (χ3n) is 6.11. The van der Waals surface area contributed by atoms with Gasteiger partial charge in [0.1, 0.15) is 0 Å². The summed E-state index contributed by atoms with van der Waals surface area (Å²) in [5, 5.41) is 0. The smallest absolute Gasteiger partial charge is 0.0716 e. The normalized spacial score (nSPS) is 19.9. The molecule has 0 heterocycles. The van der Waals surface area contributed by atoms with Gasteiger partial charge in [0.25, 0.3) is 0 Å². The number of hydrogen-bond donors (Lipinski definition) is 0. The maximum Gasteiger partial charge on any atom is 0.0716 e. The average molecular weight is 377 g/mol. The van der Waals surface area contributed by atoms with Gasteiger partial charge in [-0.25, -0.2) is 0 Å². The molecule has 0 aromatic heterocycles. The molecule has 1 nitrogen and oxygen atoms in total. The third-order valence-corrected chi connectivity index (χ3v) is 6.11. The van der Waals surface area contributed by atoms with Crippen molar-refractivity contribution in [3.63, 3.8) is 0 Å². The second kappa shape index (κ2) is 11.2. The first-order chi connectivity index (χ1) is 13.8. The quantitative estimate of drug-likeness (QED) is 0.319. The van der Waals surface area contributed by atoms with E-state index >= 15 is 0 Å². The topological polar surface area (TPSA) is 9.23 Å². The fourth-order valence-corrected chi connectivity index (χ4v) is 4.36. The van der Waals surface area contributed by atoms with Gasteiger partial charge in [0, 0.05) is 6.61 Å². The summed E-state index contributed by atoms with van der Waals surface area (Å²) in [7, 11) is 0. The van der Waals surface area contributed by atoms with Crippen molar-refractivity contribution in [1.29, 1.82) is 0 Å². The van der Waals surface area contributed by atoms with Crippen LogP contribution in [0.1, 0.15) is 75.8 Å². The fourth-order valence-electron chi connectivity index (χ4n) is 4.36. The Kier molecular flexibility index (Phi) is 8.36. The lowest BCUT2D eigenvalue weighted by Crippen LogP contribution is -2.13. The molecule has 0 amide bonds. The average Bonchev–Trinajstić information content (AvgIpc) is 2.75. The highest BCUT2D eigenvalue weighted by atomic mass is 16.5. The molecule has 0 N–H and O–H groups in total. The minimum Gasteiger partial charge on any atom is -0.377 e. The van der Waals surface area contributed by atoms with Crippen molar-refractivity contribution in [2.45, 2.75) is 71.3 Å². The standard InChI is InChI=1S/C27H36O/c1-3-5-6-7-22-8-12-24(13-9-22)26-16-18-27(19-17-26)25-14-10-23(11-15-25)21-28-20-4-2/h3,5,10-11,14-19,22,24H,4,6-9,12-13,20-21H2,1-2H3/t22-,24-. The Labute approximate surface area is 171 Å². The summed E-state index contributed by atoms with van der Waals surface area (Å²) < 4.78 is 5.63. The molecule has 1 aliphatic rings. The molecule has 0 bridgehead atoms. The summed E-state index contributed by atoms with van der Waals surface area (Å²) in [5.74, 6) is 1.69. The molecule has 1 aliphatic carbocycles. The van der Waals surface area contributed by atoms with Crippen molar-refractivity contribution < 1.29 is 4.74 Å². The first-order valence-electron chi connectivity index (χ1n) is 11.2. The van der Waals surface area contributed by atoms with E-state index in [1.807, 2.05) is 0 Å². The van der Waals surface area contributed by atoms with E-state index in [9.17, 15) is 0 Å². The van der Waals surface area contributed by atoms with Gasteiger partial charge in [0.15, 0.2) is 0 Å². The van der Waals surface area contributed by atoms with Crippen LogP contribution in [0.2, 0.25) is 0 Å². The van der Waals surface area contributed by atoms with Crippen LogP contribution in [0.5, 0.6) is 0 Å². The second-order valence-electron chi connectivity index (χ2n) is 8.24. The molecule has 0 aliphatic heterocycles. The van der Waals surface area contributed by atoms with Gasteiger partial charge in [-0.1, -0.05) is 67.6 Å². The Morgan fingerprint density at radius 3 is 2.14 bits per heavy atom. The zero-order valence-corrected chi connectivity index (χ0v) is 17.7. The molecule has 150 valence electrons. The molecule has 1 saturated carbocycles. The Morgan fingerprint density at radius 2 is 1.54 bits per heavy atom. The minimum atomic E-state index is 0.713. The Morgan fingerprint density at radius 1 is 0.893 bits per heavy atom. The Hall–Kier alpha value is -1.86. The van der Waals surface area contributed by atoms with Crippen LogP contribution in [0, 0.1) is 5.92 Å². The van der Waals surface area contributed by atoms with E-state index in [1.165, 1.54) is 60.8 Å². The molecule has 28 heavy (non-hydrogen) atoms. The van der Waals surface area contributed by atoms with Gasteiger partial charge in [0.2, 0.25) is 0 Å². The summed E-state index contributed by atoms with van der Waals surface area (Å²) >= 11 is 0. The number of allylic oxidation sites excluding steroid dienone is 2. The van der Waals surface area contributed by atoms with Gasteiger partial charge >= 0.3 is 0 Å². The number of ether oxygens (including phenoxy) is 1. The zero-order valence-electron chi connectivity index (χ0n) is 17.7. The molecular formula is C27H36O. The minimum absolute atomic E-state index is 0.713. The molecule has 0 atom stereocenters. The summed E-state index contributed by atoms with van der Waals surface area (Å²) in [5.41, 5.74) is 5.38. The summed E-state index contributed by atoms with van der Waals surface area (Å²) in [6.45, 7) is 5.81. The predicted octanol–water partition coefficient (Wildman–Crippen LogP) is 7.91. The third kappa shape index (κ3) is 6.07. The van der Waals surface area contributed by atoms with Gasteiger partial charge in [-0.15, -0.1) is 0 Å². The predicted molar refractivity (Wildman–Crippen MR) is 121 cm³/mol. The largest absolute Gasteiger partial charge is 0.377 e. The molecular weight excluding hydrogens is 340 g/mol. The lowest BCUT2D eigenvalue weighted by molar-refractivity contribution is 0.121. The van der Waals surface area contributed by atoms with Gasteiger partial charge in [0.05, 0.1) is 6.61 Å². The molecule has 0 spiro atoms. The van der Waals surface area contributed by atoms with E-state index < -0.39 is 0 Å². The van der Waals surface area contributed by atoms with Gasteiger partial charge in [-0.05, 0) is 86.0 Å². The van der Waals surface area contributed by atoms with Gasteiger partial charge in [-0.2, -0.15) is 0 Å². The van der Waals surface area contributed by atoms with E-state index in [1.54, 1.807) is 0 Å². The van der Waals surface area contributed by atoms with Crippen molar-refractivity contribution in [2.24, 2.45) is 5.92 Å². The fraction of sp³-hybridized carbons (Fsp3) is 0.481. The molecule has 1 heteroatoms. The van der Waals surface area contributed by atoms with E-state index in [4.69, 9.17) is 4.74 Å². The Bertz CT molecular complexity index is 703. The monoisotopic (exact) mass is 376 g/mol. The second-order valence-corrected chi connectivity index (χ2v) is 8.24. The van der Waals surface area contributed by atoms with Crippen molar-refractivity contribution in [2.75, 3.05) is 6.61 Å². The van der Waals surface area contributed by atoms with E-state index in [0.717, 1.165) is 24.9 Å².